The van der Waals surface area contributed by atoms with Crippen LogP contribution in [-0.2, 0) is 0 Å². The lowest BCUT2D eigenvalue weighted by Crippen LogP contribution is -2.14. The largest absolute Gasteiger partial charge is 0.376 e. The summed E-state index contributed by atoms with van der Waals surface area (Å²) in [7, 11) is 0. The molecule has 4 nitrogen and oxygen atoms in total. The Kier molecular flexibility index (Phi) is 2.74. The highest BCUT2D eigenvalue weighted by atomic mass is 127. The first-order valence-electron chi connectivity index (χ1n) is 6.96. The maximum absolute atomic E-state index is 13.7. The molecule has 4 atom stereocenters. The van der Waals surface area contributed by atoms with Crippen molar-refractivity contribution in [2.75, 3.05) is 5.32 Å². The third-order valence-corrected chi connectivity index (χ3v) is 6.12. The van der Waals surface area contributed by atoms with Gasteiger partial charge in [-0.15, -0.1) is 0 Å². The minimum absolute atomic E-state index is 0.0203. The van der Waals surface area contributed by atoms with Crippen LogP contribution in [0.4, 0.5) is 15.8 Å². The summed E-state index contributed by atoms with van der Waals surface area (Å²) in [6.45, 7) is 0. The molecule has 0 saturated heterocycles. The molecule has 20 heavy (non-hydrogen) atoms. The molecule has 3 aliphatic carbocycles. The normalized spacial score (nSPS) is 36.8. The van der Waals surface area contributed by atoms with Gasteiger partial charge in [0.05, 0.1) is 8.49 Å². The lowest BCUT2D eigenvalue weighted by Gasteiger charge is -2.12. The molecule has 6 heteroatoms. The summed E-state index contributed by atoms with van der Waals surface area (Å²) in [5.74, 6) is 2.50. The van der Waals surface area contributed by atoms with Gasteiger partial charge in [0, 0.05) is 18.2 Å². The van der Waals surface area contributed by atoms with Gasteiger partial charge < -0.3 is 5.32 Å². The highest BCUT2D eigenvalue weighted by molar-refractivity contribution is 14.1. The van der Waals surface area contributed by atoms with E-state index in [1.54, 1.807) is 22.6 Å². The standard InChI is InChI=1S/C14H14FIN2O2/c15-8-4-10(11(18(19)20)5-9(8)16)17-14-12-6-1-2-7(3-6)13(12)14/h4-7,12-14,17H,1-3H2. The number of nitrogens with one attached hydrogen (secondary N) is 1. The quantitative estimate of drug-likeness (QED) is 0.487. The minimum atomic E-state index is -0.434. The van der Waals surface area contributed by atoms with E-state index in [9.17, 15) is 14.5 Å². The van der Waals surface area contributed by atoms with Crippen molar-refractivity contribution in [1.29, 1.82) is 0 Å². The van der Waals surface area contributed by atoms with Crippen LogP contribution in [0.3, 0.4) is 0 Å². The van der Waals surface area contributed by atoms with E-state index in [1.165, 1.54) is 31.4 Å². The number of nitrogens with zero attached hydrogens (tertiary/aromatic N) is 1. The Labute approximate surface area is 129 Å². The van der Waals surface area contributed by atoms with E-state index < -0.39 is 10.7 Å². The van der Waals surface area contributed by atoms with Crippen LogP contribution in [0.25, 0.3) is 0 Å². The molecule has 1 N–H and O–H groups in total. The SMILES string of the molecule is O=[N+]([O-])c1cc(I)c(F)cc1NC1C2C3CCC(C3)C12. The molecular formula is C14H14FIN2O2. The summed E-state index contributed by atoms with van der Waals surface area (Å²) >= 11 is 1.79. The molecule has 3 fully saturated rings. The first-order valence-corrected chi connectivity index (χ1v) is 8.04. The number of halogens is 2. The van der Waals surface area contributed by atoms with Gasteiger partial charge >= 0.3 is 0 Å². The van der Waals surface area contributed by atoms with E-state index in [0.717, 1.165) is 11.8 Å². The summed E-state index contributed by atoms with van der Waals surface area (Å²) in [6.07, 6.45) is 3.93. The lowest BCUT2D eigenvalue weighted by molar-refractivity contribution is -0.384. The number of anilines is 1. The molecule has 3 saturated carbocycles. The van der Waals surface area contributed by atoms with Gasteiger partial charge in [0.1, 0.15) is 11.5 Å². The second kappa shape index (κ2) is 4.29. The Bertz CT molecular complexity index is 593. The first kappa shape index (κ1) is 12.8. The molecule has 4 rings (SSSR count). The molecule has 4 unspecified atom stereocenters. The van der Waals surface area contributed by atoms with Crippen molar-refractivity contribution in [3.63, 3.8) is 0 Å². The maximum Gasteiger partial charge on any atom is 0.293 e. The van der Waals surface area contributed by atoms with Crippen LogP contribution in [-0.4, -0.2) is 11.0 Å². The summed E-state index contributed by atoms with van der Waals surface area (Å²) in [6, 6.07) is 2.90. The molecular weight excluding hydrogens is 374 g/mol. The van der Waals surface area contributed by atoms with E-state index >= 15 is 0 Å². The second-order valence-corrected chi connectivity index (χ2v) is 7.36. The smallest absolute Gasteiger partial charge is 0.293 e. The van der Waals surface area contributed by atoms with Crippen LogP contribution < -0.4 is 5.32 Å². The topological polar surface area (TPSA) is 55.2 Å². The van der Waals surface area contributed by atoms with Crippen molar-refractivity contribution in [1.82, 2.24) is 0 Å². The van der Waals surface area contributed by atoms with Crippen LogP contribution in [0.5, 0.6) is 0 Å². The Morgan fingerprint density at radius 3 is 2.55 bits per heavy atom. The third-order valence-electron chi connectivity index (χ3n) is 5.29. The fourth-order valence-corrected chi connectivity index (χ4v) is 4.95. The zero-order valence-electron chi connectivity index (χ0n) is 10.7. The van der Waals surface area contributed by atoms with E-state index in [0.29, 0.717) is 23.6 Å². The van der Waals surface area contributed by atoms with Crippen LogP contribution >= 0.6 is 22.6 Å². The van der Waals surface area contributed by atoms with Crippen LogP contribution in [0.15, 0.2) is 12.1 Å². The van der Waals surface area contributed by atoms with Crippen molar-refractivity contribution in [3.05, 3.63) is 31.6 Å². The third kappa shape index (κ3) is 1.76. The summed E-state index contributed by atoms with van der Waals surface area (Å²) in [5.41, 5.74) is 0.319. The number of rotatable bonds is 3. The van der Waals surface area contributed by atoms with Gasteiger partial charge in [-0.3, -0.25) is 10.1 Å². The Hall–Kier alpha value is -0.920. The molecule has 1 aromatic rings. The number of benzene rings is 1. The van der Waals surface area contributed by atoms with Gasteiger partial charge in [-0.1, -0.05) is 0 Å². The van der Waals surface area contributed by atoms with Gasteiger partial charge in [0.2, 0.25) is 0 Å². The highest BCUT2D eigenvalue weighted by Crippen LogP contribution is 2.66. The molecule has 0 aromatic heterocycles. The molecule has 0 aliphatic heterocycles. The summed E-state index contributed by atoms with van der Waals surface area (Å²) in [4.78, 5) is 10.7. The van der Waals surface area contributed by atoms with Gasteiger partial charge in [-0.05, 0) is 65.5 Å². The molecule has 0 spiro atoms. The molecule has 0 radical (unpaired) electrons. The fraction of sp³-hybridized carbons (Fsp3) is 0.571. The minimum Gasteiger partial charge on any atom is -0.376 e. The number of hydrogen-bond acceptors (Lipinski definition) is 3. The second-order valence-electron chi connectivity index (χ2n) is 6.20. The van der Waals surface area contributed by atoms with Gasteiger partial charge in [-0.2, -0.15) is 0 Å². The van der Waals surface area contributed by atoms with Crippen LogP contribution in [0.1, 0.15) is 19.3 Å². The Balaban J connectivity index is 1.61. The summed E-state index contributed by atoms with van der Waals surface area (Å²) in [5, 5.41) is 14.4. The molecule has 2 bridgehead atoms. The average molecular weight is 388 g/mol. The summed E-state index contributed by atoms with van der Waals surface area (Å²) < 4.78 is 14.0. The first-order chi connectivity index (χ1) is 9.56. The monoisotopic (exact) mass is 388 g/mol. The predicted molar refractivity (Wildman–Crippen MR) is 81.0 cm³/mol. The van der Waals surface area contributed by atoms with Gasteiger partial charge in [0.15, 0.2) is 0 Å². The maximum atomic E-state index is 13.7. The molecule has 0 amide bonds. The van der Waals surface area contributed by atoms with Crippen molar-refractivity contribution in [2.24, 2.45) is 23.7 Å². The number of fused-ring (bicyclic) bond motifs is 5. The molecule has 3 aliphatic rings. The number of hydrogen-bond donors (Lipinski definition) is 1. The van der Waals surface area contributed by atoms with E-state index in [-0.39, 0.29) is 9.26 Å². The Morgan fingerprint density at radius 2 is 1.95 bits per heavy atom. The van der Waals surface area contributed by atoms with E-state index in [2.05, 4.69) is 5.32 Å². The van der Waals surface area contributed by atoms with Crippen molar-refractivity contribution in [3.8, 4) is 0 Å². The van der Waals surface area contributed by atoms with E-state index in [4.69, 9.17) is 0 Å². The van der Waals surface area contributed by atoms with Crippen LogP contribution in [0, 0.1) is 43.2 Å². The van der Waals surface area contributed by atoms with Crippen molar-refractivity contribution >= 4 is 34.0 Å². The van der Waals surface area contributed by atoms with Crippen molar-refractivity contribution in [2.45, 2.75) is 25.3 Å². The molecule has 106 valence electrons. The Morgan fingerprint density at radius 1 is 1.30 bits per heavy atom. The van der Waals surface area contributed by atoms with E-state index in [1.807, 2.05) is 0 Å². The van der Waals surface area contributed by atoms with Gasteiger partial charge in [-0.25, -0.2) is 4.39 Å². The number of nitro groups is 1. The van der Waals surface area contributed by atoms with Gasteiger partial charge in [0.25, 0.3) is 5.69 Å². The van der Waals surface area contributed by atoms with Crippen molar-refractivity contribution < 1.29 is 9.31 Å². The van der Waals surface area contributed by atoms with Crippen LogP contribution in [0.2, 0.25) is 0 Å². The molecule has 0 heterocycles. The lowest BCUT2D eigenvalue weighted by atomic mass is 10.0. The zero-order valence-corrected chi connectivity index (χ0v) is 12.8. The number of nitro benzene ring substituents is 1. The predicted octanol–water partition coefficient (Wildman–Crippen LogP) is 3.79. The molecule has 1 aromatic carbocycles. The zero-order chi connectivity index (χ0) is 14.0. The fourth-order valence-electron chi connectivity index (χ4n) is 4.50. The average Bonchev–Trinajstić information content (AvgIpc) is 2.81. The highest BCUT2D eigenvalue weighted by Gasteiger charge is 2.65.